The van der Waals surface area contributed by atoms with Crippen molar-refractivity contribution in [2.24, 2.45) is 0 Å². The average Bonchev–Trinajstić information content (AvgIpc) is 2.95. The molecule has 0 saturated heterocycles. The molecule has 0 radical (unpaired) electrons. The first kappa shape index (κ1) is 21.7. The van der Waals surface area contributed by atoms with Crippen LogP contribution >= 0.6 is 11.6 Å². The topological polar surface area (TPSA) is 74.8 Å². The summed E-state index contributed by atoms with van der Waals surface area (Å²) >= 11 is 5.79. The first-order valence-electron chi connectivity index (χ1n) is 7.58. The van der Waals surface area contributed by atoms with Crippen LogP contribution in [0.1, 0.15) is 37.7 Å². The lowest BCUT2D eigenvalue weighted by Gasteiger charge is -2.11. The highest BCUT2D eigenvalue weighted by Crippen LogP contribution is 2.34. The molecule has 1 amide bonds. The van der Waals surface area contributed by atoms with Crippen molar-refractivity contribution < 1.29 is 35.9 Å². The van der Waals surface area contributed by atoms with Crippen molar-refractivity contribution in [1.29, 1.82) is 0 Å². The van der Waals surface area contributed by atoms with Gasteiger partial charge in [-0.1, -0.05) is 17.7 Å². The lowest BCUT2D eigenvalue weighted by Crippen LogP contribution is -2.33. The summed E-state index contributed by atoms with van der Waals surface area (Å²) in [5, 5.41) is 6.93. The molecule has 1 heterocycles. The number of H-pyrrole nitrogens is 1. The molecule has 0 saturated carbocycles. The molecule has 5 nitrogen and oxygen atoms in total. The van der Waals surface area contributed by atoms with Crippen LogP contribution in [0.15, 0.2) is 18.2 Å². The number of hydrogen-bond acceptors (Lipinski definition) is 3. The fraction of sp³-hybridized carbons (Fsp3) is 0.312. The molecule has 0 bridgehead atoms. The summed E-state index contributed by atoms with van der Waals surface area (Å²) < 4.78 is 75.9. The number of halogens is 7. The van der Waals surface area contributed by atoms with Gasteiger partial charge in [-0.2, -0.15) is 31.4 Å². The molecule has 1 aromatic heterocycles. The van der Waals surface area contributed by atoms with Gasteiger partial charge in [0.1, 0.15) is 17.8 Å². The summed E-state index contributed by atoms with van der Waals surface area (Å²) in [5.74, 6) is -2.12. The van der Waals surface area contributed by atoms with Gasteiger partial charge in [-0.05, 0) is 24.6 Å². The monoisotopic (exact) mass is 427 g/mol. The van der Waals surface area contributed by atoms with Crippen LogP contribution in [0.5, 0.6) is 0 Å². The zero-order valence-electron chi connectivity index (χ0n) is 14.1. The number of nitrogens with one attached hydrogen (secondary N) is 2. The quantitative estimate of drug-likeness (QED) is 0.557. The van der Waals surface area contributed by atoms with E-state index in [-0.39, 0.29) is 21.8 Å². The number of aryl methyl sites for hydroxylation is 1. The number of benzene rings is 1. The van der Waals surface area contributed by atoms with Crippen LogP contribution in [0, 0.1) is 6.92 Å². The normalized spacial score (nSPS) is 12.1. The van der Waals surface area contributed by atoms with Crippen molar-refractivity contribution >= 4 is 23.3 Å². The summed E-state index contributed by atoms with van der Waals surface area (Å²) in [4.78, 5) is 24.1. The van der Waals surface area contributed by atoms with E-state index >= 15 is 0 Å². The Kier molecular flexibility index (Phi) is 6.07. The predicted molar refractivity (Wildman–Crippen MR) is 86.2 cm³/mol. The Morgan fingerprint density at radius 1 is 1.18 bits per heavy atom. The summed E-state index contributed by atoms with van der Waals surface area (Å²) in [7, 11) is 0. The van der Waals surface area contributed by atoms with Gasteiger partial charge < -0.3 is 5.32 Å². The third-order valence-corrected chi connectivity index (χ3v) is 3.91. The molecule has 0 aliphatic rings. The molecular formula is C16H12ClF6N3O2. The summed E-state index contributed by atoms with van der Waals surface area (Å²) in [6.45, 7) is -0.481. The van der Waals surface area contributed by atoms with E-state index in [1.54, 1.807) is 5.32 Å². The number of ketones is 1. The minimum atomic E-state index is -4.80. The number of rotatable bonds is 5. The molecular weight excluding hydrogens is 416 g/mol. The van der Waals surface area contributed by atoms with Crippen LogP contribution in [0.4, 0.5) is 26.3 Å². The third-order valence-electron chi connectivity index (χ3n) is 3.58. The van der Waals surface area contributed by atoms with E-state index in [1.807, 2.05) is 0 Å². The van der Waals surface area contributed by atoms with E-state index in [0.29, 0.717) is 0 Å². The molecule has 152 valence electrons. The van der Waals surface area contributed by atoms with Gasteiger partial charge in [-0.3, -0.25) is 14.7 Å². The molecule has 0 aliphatic heterocycles. The lowest BCUT2D eigenvalue weighted by atomic mass is 10.0. The zero-order valence-corrected chi connectivity index (χ0v) is 14.8. The Morgan fingerprint density at radius 3 is 2.39 bits per heavy atom. The van der Waals surface area contributed by atoms with Gasteiger partial charge in [0.15, 0.2) is 5.78 Å². The van der Waals surface area contributed by atoms with E-state index in [9.17, 15) is 35.9 Å². The van der Waals surface area contributed by atoms with Crippen molar-refractivity contribution in [3.8, 4) is 0 Å². The number of Topliss-reactive ketones (excluding diaryl/α,β-unsaturated/α-hetero) is 1. The summed E-state index contributed by atoms with van der Waals surface area (Å²) in [5.41, 5.74) is -2.61. The average molecular weight is 428 g/mol. The Morgan fingerprint density at radius 2 is 1.82 bits per heavy atom. The summed E-state index contributed by atoms with van der Waals surface area (Å²) in [6, 6.07) is 3.47. The molecule has 0 spiro atoms. The maximum Gasteiger partial charge on any atom is 0.420 e. The third kappa shape index (κ3) is 5.24. The smallest absolute Gasteiger partial charge is 0.343 e. The molecule has 12 heteroatoms. The maximum atomic E-state index is 13.1. The van der Waals surface area contributed by atoms with Crippen LogP contribution < -0.4 is 5.32 Å². The van der Waals surface area contributed by atoms with Crippen LogP contribution in [0.2, 0.25) is 5.02 Å². The molecule has 28 heavy (non-hydrogen) atoms. The van der Waals surface area contributed by atoms with Gasteiger partial charge in [0.25, 0.3) is 5.91 Å². The van der Waals surface area contributed by atoms with Crippen molar-refractivity contribution in [2.45, 2.75) is 25.7 Å². The van der Waals surface area contributed by atoms with E-state index in [1.165, 1.54) is 6.07 Å². The van der Waals surface area contributed by atoms with Crippen molar-refractivity contribution in [2.75, 3.05) is 6.54 Å². The zero-order chi connectivity index (χ0) is 21.3. The molecule has 2 N–H and O–H groups in total. The molecule has 0 aliphatic carbocycles. The standard InChI is InChI=1S/C16H12ClF6N3O2/c1-7-12(16(21,22)23)13(26-25-7)11(27)5-8-2-3-10(17)9(4-8)14(28)24-6-15(18,19)20/h2-4H,5-6H2,1H3,(H,24,28)(H,25,26). The molecule has 0 fully saturated rings. The molecule has 0 unspecified atom stereocenters. The maximum absolute atomic E-state index is 13.1. The number of hydrogen-bond donors (Lipinski definition) is 2. The second-order valence-corrected chi connectivity index (χ2v) is 6.19. The van der Waals surface area contributed by atoms with Crippen LogP contribution in [0.3, 0.4) is 0 Å². The fourth-order valence-electron chi connectivity index (χ4n) is 2.38. The second-order valence-electron chi connectivity index (χ2n) is 5.78. The van der Waals surface area contributed by atoms with Crippen LogP contribution in [0.25, 0.3) is 0 Å². The highest BCUT2D eigenvalue weighted by molar-refractivity contribution is 6.33. The van der Waals surface area contributed by atoms with Gasteiger partial charge in [0.2, 0.25) is 0 Å². The minimum Gasteiger partial charge on any atom is -0.343 e. The Hall–Kier alpha value is -2.56. The van der Waals surface area contributed by atoms with E-state index in [2.05, 4.69) is 10.2 Å². The van der Waals surface area contributed by atoms with Crippen molar-refractivity contribution in [1.82, 2.24) is 15.5 Å². The number of aromatic nitrogens is 2. The second kappa shape index (κ2) is 7.82. The van der Waals surface area contributed by atoms with Gasteiger partial charge in [0, 0.05) is 12.1 Å². The molecule has 2 aromatic rings. The SMILES string of the molecule is Cc1[nH]nc(C(=O)Cc2ccc(Cl)c(C(=O)NCC(F)(F)F)c2)c1C(F)(F)F. The van der Waals surface area contributed by atoms with Gasteiger partial charge in [-0.25, -0.2) is 0 Å². The Labute approximate surface area is 159 Å². The molecule has 1 aromatic carbocycles. The molecule has 0 atom stereocenters. The first-order chi connectivity index (χ1) is 12.8. The predicted octanol–water partition coefficient (Wildman–Crippen LogP) is 4.11. The van der Waals surface area contributed by atoms with Crippen LogP contribution in [-0.2, 0) is 12.6 Å². The van der Waals surface area contributed by atoms with Crippen molar-refractivity contribution in [3.05, 3.63) is 51.3 Å². The van der Waals surface area contributed by atoms with Gasteiger partial charge >= 0.3 is 12.4 Å². The number of carbonyl (C=O) groups excluding carboxylic acids is 2. The Bertz CT molecular complexity index is 905. The van der Waals surface area contributed by atoms with E-state index < -0.39 is 48.3 Å². The largest absolute Gasteiger partial charge is 0.420 e. The highest BCUT2D eigenvalue weighted by Gasteiger charge is 2.39. The number of nitrogens with zero attached hydrogens (tertiary/aromatic N) is 1. The van der Waals surface area contributed by atoms with Gasteiger partial charge in [-0.15, -0.1) is 0 Å². The van der Waals surface area contributed by atoms with Crippen LogP contribution in [-0.4, -0.2) is 34.6 Å². The molecule has 2 rings (SSSR count). The van der Waals surface area contributed by atoms with E-state index in [0.717, 1.165) is 19.1 Å². The number of carbonyl (C=O) groups is 2. The first-order valence-corrected chi connectivity index (χ1v) is 7.96. The summed E-state index contributed by atoms with van der Waals surface area (Å²) in [6.07, 6.45) is -10.0. The number of amides is 1. The number of aromatic amines is 1. The van der Waals surface area contributed by atoms with Gasteiger partial charge in [0.05, 0.1) is 10.6 Å². The fourth-order valence-corrected chi connectivity index (χ4v) is 2.58. The lowest BCUT2D eigenvalue weighted by molar-refractivity contribution is -0.138. The Balaban J connectivity index is 2.24. The highest BCUT2D eigenvalue weighted by atomic mass is 35.5. The minimum absolute atomic E-state index is 0.0836. The van der Waals surface area contributed by atoms with Crippen molar-refractivity contribution in [3.63, 3.8) is 0 Å². The number of alkyl halides is 6. The van der Waals surface area contributed by atoms with E-state index in [4.69, 9.17) is 11.6 Å².